The minimum absolute atomic E-state index is 0.211. The first kappa shape index (κ1) is 19.1. The van der Waals surface area contributed by atoms with Crippen molar-refractivity contribution >= 4 is 5.91 Å². The van der Waals surface area contributed by atoms with Crippen molar-refractivity contribution in [1.29, 1.82) is 0 Å². The van der Waals surface area contributed by atoms with Gasteiger partial charge in [0.2, 0.25) is 5.91 Å². The van der Waals surface area contributed by atoms with Gasteiger partial charge in [-0.2, -0.15) is 0 Å². The molecule has 1 saturated heterocycles. The van der Waals surface area contributed by atoms with Crippen LogP contribution in [0, 0.1) is 13.8 Å². The number of hydrogen-bond donors (Lipinski definition) is 0. The second-order valence-electron chi connectivity index (χ2n) is 8.43. The molecular formula is C22H31N5O. The lowest BCUT2D eigenvalue weighted by Crippen LogP contribution is -2.35. The van der Waals surface area contributed by atoms with E-state index in [0.29, 0.717) is 12.3 Å². The van der Waals surface area contributed by atoms with Crippen LogP contribution in [0.2, 0.25) is 0 Å². The molecule has 3 heterocycles. The van der Waals surface area contributed by atoms with Crippen LogP contribution in [0.4, 0.5) is 0 Å². The summed E-state index contributed by atoms with van der Waals surface area (Å²) >= 11 is 0. The van der Waals surface area contributed by atoms with Crippen LogP contribution in [-0.2, 0) is 24.2 Å². The summed E-state index contributed by atoms with van der Waals surface area (Å²) in [6.45, 7) is 8.73. The highest BCUT2D eigenvalue weighted by Crippen LogP contribution is 2.27. The van der Waals surface area contributed by atoms with Crippen LogP contribution < -0.4 is 0 Å². The van der Waals surface area contributed by atoms with E-state index in [4.69, 9.17) is 0 Å². The molecule has 0 bridgehead atoms. The second kappa shape index (κ2) is 8.03. The van der Waals surface area contributed by atoms with Gasteiger partial charge < -0.3 is 14.4 Å². The predicted octanol–water partition coefficient (Wildman–Crippen LogP) is 2.33. The van der Waals surface area contributed by atoms with Crippen LogP contribution in [0.25, 0.3) is 0 Å². The average molecular weight is 382 g/mol. The zero-order valence-electron chi connectivity index (χ0n) is 17.3. The molecule has 2 aromatic rings. The molecule has 0 unspecified atom stereocenters. The van der Waals surface area contributed by atoms with Crippen LogP contribution in [0.1, 0.15) is 47.1 Å². The van der Waals surface area contributed by atoms with Crippen molar-refractivity contribution in [2.75, 3.05) is 33.2 Å². The number of amides is 1. The monoisotopic (exact) mass is 381 g/mol. The first-order valence-corrected chi connectivity index (χ1v) is 10.5. The summed E-state index contributed by atoms with van der Waals surface area (Å²) in [5, 5.41) is 9.01. The zero-order valence-corrected chi connectivity index (χ0v) is 17.3. The fraction of sp³-hybridized carbons (Fsp3) is 0.591. The first-order valence-electron chi connectivity index (χ1n) is 10.5. The number of carbonyl (C=O) groups is 1. The lowest BCUT2D eigenvalue weighted by Gasteiger charge is -2.28. The number of rotatable bonds is 3. The fourth-order valence-corrected chi connectivity index (χ4v) is 4.36. The Morgan fingerprint density at radius 3 is 2.57 bits per heavy atom. The smallest absolute Gasteiger partial charge is 0.227 e. The maximum absolute atomic E-state index is 12.9. The molecule has 6 heteroatoms. The lowest BCUT2D eigenvalue weighted by atomic mass is 9.96. The Kier molecular flexibility index (Phi) is 5.49. The van der Waals surface area contributed by atoms with E-state index in [2.05, 4.69) is 58.8 Å². The van der Waals surface area contributed by atoms with Crippen LogP contribution in [0.5, 0.6) is 0 Å². The van der Waals surface area contributed by atoms with Crippen LogP contribution in [0.3, 0.4) is 0 Å². The number of aromatic nitrogens is 3. The molecule has 1 amide bonds. The number of nitrogens with zero attached hydrogens (tertiary/aromatic N) is 5. The van der Waals surface area contributed by atoms with Gasteiger partial charge >= 0.3 is 0 Å². The summed E-state index contributed by atoms with van der Waals surface area (Å²) in [5.74, 6) is 2.88. The minimum Gasteiger partial charge on any atom is -0.340 e. The number of aryl methyl sites for hydroxylation is 2. The first-order chi connectivity index (χ1) is 13.5. The van der Waals surface area contributed by atoms with Crippen LogP contribution in [0.15, 0.2) is 18.2 Å². The van der Waals surface area contributed by atoms with Gasteiger partial charge in [0.25, 0.3) is 0 Å². The Hall–Kier alpha value is -2.21. The number of piperidine rings is 1. The highest BCUT2D eigenvalue weighted by molar-refractivity contribution is 5.79. The van der Waals surface area contributed by atoms with E-state index < -0.39 is 0 Å². The zero-order chi connectivity index (χ0) is 19.7. The lowest BCUT2D eigenvalue weighted by molar-refractivity contribution is -0.130. The number of fused-ring (bicyclic) bond motifs is 1. The van der Waals surface area contributed by atoms with E-state index in [1.165, 1.54) is 11.1 Å². The molecule has 6 nitrogen and oxygen atoms in total. The van der Waals surface area contributed by atoms with Crippen molar-refractivity contribution in [2.24, 2.45) is 0 Å². The van der Waals surface area contributed by atoms with Gasteiger partial charge in [0.1, 0.15) is 11.6 Å². The molecule has 0 saturated carbocycles. The number of hydrogen-bond acceptors (Lipinski definition) is 4. The molecule has 28 heavy (non-hydrogen) atoms. The van der Waals surface area contributed by atoms with Crippen molar-refractivity contribution in [3.8, 4) is 0 Å². The summed E-state index contributed by atoms with van der Waals surface area (Å²) < 4.78 is 2.29. The Morgan fingerprint density at radius 2 is 1.82 bits per heavy atom. The molecule has 4 rings (SSSR count). The Bertz CT molecular complexity index is 851. The van der Waals surface area contributed by atoms with Crippen LogP contribution in [-0.4, -0.2) is 63.7 Å². The Balaban J connectivity index is 1.41. The van der Waals surface area contributed by atoms with Crippen molar-refractivity contribution < 1.29 is 4.79 Å². The van der Waals surface area contributed by atoms with Gasteiger partial charge in [0, 0.05) is 32.0 Å². The van der Waals surface area contributed by atoms with E-state index in [9.17, 15) is 4.79 Å². The van der Waals surface area contributed by atoms with Gasteiger partial charge in [-0.15, -0.1) is 10.2 Å². The van der Waals surface area contributed by atoms with E-state index in [0.717, 1.165) is 69.2 Å². The van der Waals surface area contributed by atoms with Gasteiger partial charge in [0.05, 0.1) is 6.42 Å². The van der Waals surface area contributed by atoms with Gasteiger partial charge in [-0.3, -0.25) is 4.79 Å². The summed E-state index contributed by atoms with van der Waals surface area (Å²) in [6, 6.07) is 6.32. The quantitative estimate of drug-likeness (QED) is 0.819. The van der Waals surface area contributed by atoms with E-state index in [-0.39, 0.29) is 5.91 Å². The summed E-state index contributed by atoms with van der Waals surface area (Å²) in [6.07, 6.45) is 3.55. The van der Waals surface area contributed by atoms with Crippen molar-refractivity contribution in [2.45, 2.75) is 52.0 Å². The third-order valence-electron chi connectivity index (χ3n) is 6.42. The Labute approximate surface area is 167 Å². The largest absolute Gasteiger partial charge is 0.340 e. The van der Waals surface area contributed by atoms with Gasteiger partial charge in [-0.25, -0.2) is 0 Å². The molecule has 0 aliphatic carbocycles. The molecule has 0 atom stereocenters. The van der Waals surface area contributed by atoms with E-state index >= 15 is 0 Å². The maximum atomic E-state index is 12.9. The highest BCUT2D eigenvalue weighted by atomic mass is 16.2. The number of carbonyl (C=O) groups excluding carboxylic acids is 1. The molecule has 150 valence electrons. The normalized spacial score (nSPS) is 18.8. The molecule has 0 N–H and O–H groups in total. The molecule has 0 radical (unpaired) electrons. The summed E-state index contributed by atoms with van der Waals surface area (Å²) in [4.78, 5) is 17.3. The fourth-order valence-electron chi connectivity index (χ4n) is 4.36. The molecule has 1 aromatic carbocycles. The third-order valence-corrected chi connectivity index (χ3v) is 6.42. The number of likely N-dealkylation sites (tertiary alicyclic amines) is 1. The Morgan fingerprint density at radius 1 is 1.04 bits per heavy atom. The molecule has 1 aromatic heterocycles. The van der Waals surface area contributed by atoms with Crippen molar-refractivity contribution in [1.82, 2.24) is 24.6 Å². The minimum atomic E-state index is 0.211. The average Bonchev–Trinajstić information content (AvgIpc) is 2.96. The predicted molar refractivity (Wildman–Crippen MR) is 109 cm³/mol. The van der Waals surface area contributed by atoms with Gasteiger partial charge in [-0.05, 0) is 63.5 Å². The van der Waals surface area contributed by atoms with Gasteiger partial charge in [-0.1, -0.05) is 18.2 Å². The van der Waals surface area contributed by atoms with Crippen molar-refractivity contribution in [3.63, 3.8) is 0 Å². The van der Waals surface area contributed by atoms with Crippen LogP contribution >= 0.6 is 0 Å². The summed E-state index contributed by atoms with van der Waals surface area (Å²) in [7, 11) is 2.18. The molecule has 2 aliphatic heterocycles. The van der Waals surface area contributed by atoms with E-state index in [1.54, 1.807) is 0 Å². The van der Waals surface area contributed by atoms with E-state index in [1.807, 2.05) is 4.90 Å². The molecular weight excluding hydrogens is 350 g/mol. The maximum Gasteiger partial charge on any atom is 0.227 e. The highest BCUT2D eigenvalue weighted by Gasteiger charge is 2.27. The van der Waals surface area contributed by atoms with Gasteiger partial charge in [0.15, 0.2) is 0 Å². The topological polar surface area (TPSA) is 54.3 Å². The molecule has 0 spiro atoms. The van der Waals surface area contributed by atoms with Crippen molar-refractivity contribution in [3.05, 3.63) is 46.5 Å². The summed E-state index contributed by atoms with van der Waals surface area (Å²) in [5.41, 5.74) is 3.62. The molecule has 2 aliphatic rings. The number of benzene rings is 1. The third kappa shape index (κ3) is 3.97. The second-order valence-corrected chi connectivity index (χ2v) is 8.43. The SMILES string of the molecule is Cc1ccc(CC(=O)N2CCc3nnc(C4CCN(C)CC4)n3CC2)cc1C. The standard InChI is InChI=1S/C22H31N5O/c1-16-4-5-18(14-17(16)2)15-21(28)26-11-8-20-23-24-22(27(20)13-12-26)19-6-9-25(3)10-7-19/h4-5,14,19H,6-13,15H2,1-3H3. The molecule has 1 fully saturated rings.